The molecule has 0 aromatic rings. The Morgan fingerprint density at radius 1 is 1.32 bits per heavy atom. The Morgan fingerprint density at radius 2 is 2.16 bits per heavy atom. The lowest BCUT2D eigenvalue weighted by Crippen LogP contribution is -2.41. The number of nitrogens with one attached hydrogen (secondary N) is 1. The van der Waals surface area contributed by atoms with Crippen molar-refractivity contribution in [2.75, 3.05) is 25.4 Å². The summed E-state index contributed by atoms with van der Waals surface area (Å²) >= 11 is 1.84. The quantitative estimate of drug-likeness (QED) is 0.859. The van der Waals surface area contributed by atoms with Crippen molar-refractivity contribution in [3.05, 3.63) is 0 Å². The zero-order valence-corrected chi connectivity index (χ0v) is 12.3. The van der Waals surface area contributed by atoms with Crippen molar-refractivity contribution in [2.24, 2.45) is 10.9 Å². The van der Waals surface area contributed by atoms with Crippen LogP contribution >= 0.6 is 11.8 Å². The molecule has 5 heteroatoms. The van der Waals surface area contributed by atoms with Gasteiger partial charge in [0.2, 0.25) is 5.91 Å². The molecule has 0 bridgehead atoms. The molecule has 4 nitrogen and oxygen atoms in total. The predicted octanol–water partition coefficient (Wildman–Crippen LogP) is 1.86. The summed E-state index contributed by atoms with van der Waals surface area (Å²) in [7, 11) is 0. The fraction of sp³-hybridized carbons (Fsp3) is 0.857. The molecule has 0 radical (unpaired) electrons. The first-order chi connectivity index (χ1) is 9.33. The molecule has 0 spiro atoms. The summed E-state index contributed by atoms with van der Waals surface area (Å²) in [6.45, 7) is 2.54. The fourth-order valence-corrected chi connectivity index (χ4v) is 4.47. The van der Waals surface area contributed by atoms with Crippen molar-refractivity contribution in [1.29, 1.82) is 0 Å². The van der Waals surface area contributed by atoms with Crippen LogP contribution in [0.15, 0.2) is 4.99 Å². The average Bonchev–Trinajstić information content (AvgIpc) is 3.09. The zero-order chi connectivity index (χ0) is 13.1. The van der Waals surface area contributed by atoms with E-state index in [1.165, 1.54) is 37.9 Å². The van der Waals surface area contributed by atoms with Crippen LogP contribution in [0.2, 0.25) is 0 Å². The molecule has 2 heterocycles. The molecule has 2 atom stereocenters. The minimum Gasteiger partial charge on any atom is -0.362 e. The van der Waals surface area contributed by atoms with Crippen LogP contribution in [0.4, 0.5) is 0 Å². The molecule has 1 saturated carbocycles. The predicted molar refractivity (Wildman–Crippen MR) is 79.5 cm³/mol. The Labute approximate surface area is 119 Å². The summed E-state index contributed by atoms with van der Waals surface area (Å²) in [5, 5.41) is 4.61. The molecule has 106 valence electrons. The van der Waals surface area contributed by atoms with Crippen molar-refractivity contribution in [3.8, 4) is 0 Å². The second kappa shape index (κ2) is 6.16. The van der Waals surface area contributed by atoms with Crippen LogP contribution in [0.1, 0.15) is 38.5 Å². The molecule has 3 aliphatic rings. The van der Waals surface area contributed by atoms with Gasteiger partial charge in [-0.05, 0) is 31.6 Å². The Kier molecular flexibility index (Phi) is 4.31. The van der Waals surface area contributed by atoms with Crippen molar-refractivity contribution in [3.63, 3.8) is 0 Å². The van der Waals surface area contributed by atoms with E-state index in [1.54, 1.807) is 0 Å². The van der Waals surface area contributed by atoms with Gasteiger partial charge in [0.1, 0.15) is 0 Å². The van der Waals surface area contributed by atoms with E-state index in [9.17, 15) is 4.79 Å². The van der Waals surface area contributed by atoms with Gasteiger partial charge in [-0.15, -0.1) is 0 Å². The van der Waals surface area contributed by atoms with E-state index in [-0.39, 0.29) is 5.91 Å². The van der Waals surface area contributed by atoms with E-state index >= 15 is 0 Å². The monoisotopic (exact) mass is 281 g/mol. The third-order valence-electron chi connectivity index (χ3n) is 4.44. The first kappa shape index (κ1) is 13.3. The minimum atomic E-state index is 0.279. The van der Waals surface area contributed by atoms with Crippen LogP contribution in [-0.2, 0) is 4.79 Å². The maximum Gasteiger partial charge on any atom is 0.224 e. The maximum absolute atomic E-state index is 11.9. The highest BCUT2D eigenvalue weighted by Gasteiger charge is 2.31. The Bertz CT molecular complexity index is 366. The van der Waals surface area contributed by atoms with Crippen molar-refractivity contribution in [1.82, 2.24) is 10.2 Å². The van der Waals surface area contributed by atoms with Gasteiger partial charge in [0.15, 0.2) is 5.17 Å². The summed E-state index contributed by atoms with van der Waals surface area (Å²) in [6.07, 6.45) is 6.91. The normalized spacial score (nSPS) is 32.4. The van der Waals surface area contributed by atoms with E-state index in [4.69, 9.17) is 0 Å². The van der Waals surface area contributed by atoms with E-state index in [2.05, 4.69) is 10.3 Å². The second-order valence-corrected chi connectivity index (χ2v) is 6.79. The smallest absolute Gasteiger partial charge is 0.224 e. The van der Waals surface area contributed by atoms with E-state index in [0.29, 0.717) is 19.0 Å². The number of aliphatic imine (C=N–C) groups is 1. The van der Waals surface area contributed by atoms with Gasteiger partial charge < -0.3 is 10.2 Å². The summed E-state index contributed by atoms with van der Waals surface area (Å²) in [5.74, 6) is 2.33. The highest BCUT2D eigenvalue weighted by atomic mass is 32.2. The van der Waals surface area contributed by atoms with Gasteiger partial charge in [0, 0.05) is 31.3 Å². The molecule has 3 fully saturated rings. The van der Waals surface area contributed by atoms with Crippen molar-refractivity contribution in [2.45, 2.75) is 44.6 Å². The minimum absolute atomic E-state index is 0.279. The fourth-order valence-electron chi connectivity index (χ4n) is 3.28. The molecule has 19 heavy (non-hydrogen) atoms. The number of hydrogen-bond donors (Lipinski definition) is 1. The topological polar surface area (TPSA) is 44.7 Å². The summed E-state index contributed by atoms with van der Waals surface area (Å²) in [5.41, 5.74) is 0. The number of thioether (sulfide) groups is 1. The van der Waals surface area contributed by atoms with Gasteiger partial charge in [0.25, 0.3) is 0 Å². The first-order valence-corrected chi connectivity index (χ1v) is 8.53. The molecular weight excluding hydrogens is 258 g/mol. The van der Waals surface area contributed by atoms with E-state index in [1.807, 2.05) is 16.7 Å². The molecule has 2 saturated heterocycles. The number of fused-ring (bicyclic) bond motifs is 1. The van der Waals surface area contributed by atoms with Crippen LogP contribution in [-0.4, -0.2) is 47.4 Å². The third-order valence-corrected chi connectivity index (χ3v) is 5.56. The molecule has 0 aromatic carbocycles. The number of likely N-dealkylation sites (tertiary alicyclic amines) is 1. The molecule has 3 rings (SSSR count). The number of amides is 1. The standard InChI is InChI=1S/C14H23N3OS/c18-13(17-8-1-2-9-17)6-7-15-14-16-12-5-3-4-11(12)10-19-14/h11-12H,1-10H2,(H,15,16). The number of carbonyl (C=O) groups excluding carboxylic acids is 1. The van der Waals surface area contributed by atoms with Crippen LogP contribution in [0.5, 0.6) is 0 Å². The lowest BCUT2D eigenvalue weighted by molar-refractivity contribution is -0.129. The SMILES string of the molecule is O=C(CCN=C1NC2CCCC2CS1)N1CCCC1. The molecule has 1 amide bonds. The van der Waals surface area contributed by atoms with Gasteiger partial charge >= 0.3 is 0 Å². The summed E-state index contributed by atoms with van der Waals surface area (Å²) < 4.78 is 0. The molecule has 2 aliphatic heterocycles. The highest BCUT2D eigenvalue weighted by Crippen LogP contribution is 2.32. The lowest BCUT2D eigenvalue weighted by atomic mass is 10.1. The average molecular weight is 281 g/mol. The zero-order valence-electron chi connectivity index (χ0n) is 11.4. The van der Waals surface area contributed by atoms with Gasteiger partial charge in [-0.25, -0.2) is 0 Å². The van der Waals surface area contributed by atoms with Crippen LogP contribution in [0.25, 0.3) is 0 Å². The van der Waals surface area contributed by atoms with Crippen LogP contribution in [0.3, 0.4) is 0 Å². The second-order valence-electron chi connectivity index (χ2n) is 5.78. The van der Waals surface area contributed by atoms with Gasteiger partial charge in [-0.2, -0.15) is 0 Å². The van der Waals surface area contributed by atoms with Gasteiger partial charge in [0.05, 0.1) is 6.54 Å². The highest BCUT2D eigenvalue weighted by molar-refractivity contribution is 8.13. The number of nitrogens with zero attached hydrogens (tertiary/aromatic N) is 2. The number of hydrogen-bond acceptors (Lipinski definition) is 3. The molecule has 0 aromatic heterocycles. The van der Waals surface area contributed by atoms with Gasteiger partial charge in [-0.1, -0.05) is 18.2 Å². The lowest BCUT2D eigenvalue weighted by Gasteiger charge is -2.28. The number of amidine groups is 1. The Balaban J connectivity index is 1.43. The van der Waals surface area contributed by atoms with E-state index in [0.717, 1.165) is 24.2 Å². The Hall–Kier alpha value is -0.710. The summed E-state index contributed by atoms with van der Waals surface area (Å²) in [6, 6.07) is 0.647. The number of rotatable bonds is 3. The number of carbonyl (C=O) groups is 1. The van der Waals surface area contributed by atoms with E-state index < -0.39 is 0 Å². The molecule has 1 N–H and O–H groups in total. The van der Waals surface area contributed by atoms with Crippen molar-refractivity contribution >= 4 is 22.8 Å². The van der Waals surface area contributed by atoms with Gasteiger partial charge in [-0.3, -0.25) is 9.79 Å². The largest absolute Gasteiger partial charge is 0.362 e. The summed E-state index contributed by atoms with van der Waals surface area (Å²) in [4.78, 5) is 18.5. The molecular formula is C14H23N3OS. The van der Waals surface area contributed by atoms with Crippen LogP contribution < -0.4 is 5.32 Å². The van der Waals surface area contributed by atoms with Crippen molar-refractivity contribution < 1.29 is 4.79 Å². The molecule has 2 unspecified atom stereocenters. The molecule has 1 aliphatic carbocycles. The third kappa shape index (κ3) is 3.25. The first-order valence-electron chi connectivity index (χ1n) is 7.54. The maximum atomic E-state index is 11.9. The Morgan fingerprint density at radius 3 is 3.00 bits per heavy atom. The van der Waals surface area contributed by atoms with Crippen LogP contribution in [0, 0.1) is 5.92 Å².